The van der Waals surface area contributed by atoms with Gasteiger partial charge in [-0.25, -0.2) is 0 Å². The zero-order valence-corrected chi connectivity index (χ0v) is 12.1. The summed E-state index contributed by atoms with van der Waals surface area (Å²) in [7, 11) is 0. The van der Waals surface area contributed by atoms with Crippen molar-refractivity contribution in [3.8, 4) is 0 Å². The summed E-state index contributed by atoms with van der Waals surface area (Å²) < 4.78 is 5.36. The highest BCUT2D eigenvalue weighted by molar-refractivity contribution is 4.98. The molecule has 1 saturated heterocycles. The number of aromatic nitrogens is 2. The number of likely N-dealkylation sites (tertiary alicyclic amines) is 1. The summed E-state index contributed by atoms with van der Waals surface area (Å²) >= 11 is 0. The van der Waals surface area contributed by atoms with E-state index in [0.29, 0.717) is 11.7 Å². The molecule has 5 heteroatoms. The lowest BCUT2D eigenvalue weighted by atomic mass is 10.0. The van der Waals surface area contributed by atoms with Crippen LogP contribution in [-0.4, -0.2) is 34.7 Å². The summed E-state index contributed by atoms with van der Waals surface area (Å²) in [6, 6.07) is -0.134. The van der Waals surface area contributed by atoms with Gasteiger partial charge in [-0.1, -0.05) is 25.4 Å². The Hall–Kier alpha value is -0.940. The van der Waals surface area contributed by atoms with Gasteiger partial charge in [0.1, 0.15) is 0 Å². The van der Waals surface area contributed by atoms with Crippen LogP contribution in [-0.2, 0) is 0 Å². The van der Waals surface area contributed by atoms with Gasteiger partial charge in [-0.2, -0.15) is 4.98 Å². The van der Waals surface area contributed by atoms with E-state index < -0.39 is 0 Å². The van der Waals surface area contributed by atoms with Gasteiger partial charge in [0.15, 0.2) is 5.82 Å². The van der Waals surface area contributed by atoms with Crippen LogP contribution in [0.3, 0.4) is 0 Å². The first-order valence-electron chi connectivity index (χ1n) is 7.56. The smallest absolute Gasteiger partial charge is 0.229 e. The van der Waals surface area contributed by atoms with Gasteiger partial charge >= 0.3 is 0 Å². The fraction of sp³-hybridized carbons (Fsp3) is 0.857. The summed E-state index contributed by atoms with van der Waals surface area (Å²) in [5, 5.41) is 4.06. The molecule has 19 heavy (non-hydrogen) atoms. The number of nitrogens with zero attached hydrogens (tertiary/aromatic N) is 3. The molecule has 2 heterocycles. The molecule has 0 radical (unpaired) electrons. The second kappa shape index (κ2) is 7.01. The molecule has 0 spiro atoms. The minimum absolute atomic E-state index is 0.134. The monoisotopic (exact) mass is 266 g/mol. The molecule has 1 aliphatic rings. The van der Waals surface area contributed by atoms with E-state index in [1.165, 1.54) is 19.3 Å². The van der Waals surface area contributed by atoms with Crippen molar-refractivity contribution in [3.63, 3.8) is 0 Å². The van der Waals surface area contributed by atoms with Crippen molar-refractivity contribution in [2.24, 2.45) is 5.73 Å². The van der Waals surface area contributed by atoms with Crippen molar-refractivity contribution in [3.05, 3.63) is 11.7 Å². The average molecular weight is 266 g/mol. The maximum atomic E-state index is 6.20. The molecule has 1 fully saturated rings. The van der Waals surface area contributed by atoms with Gasteiger partial charge in [0.2, 0.25) is 5.89 Å². The quantitative estimate of drug-likeness (QED) is 0.856. The Labute approximate surface area is 115 Å². The summed E-state index contributed by atoms with van der Waals surface area (Å²) in [6.45, 7) is 7.41. The van der Waals surface area contributed by atoms with Gasteiger partial charge in [0.25, 0.3) is 0 Å². The van der Waals surface area contributed by atoms with E-state index in [2.05, 4.69) is 28.9 Å². The molecule has 0 bridgehead atoms. The van der Waals surface area contributed by atoms with Crippen LogP contribution < -0.4 is 5.73 Å². The van der Waals surface area contributed by atoms with Crippen molar-refractivity contribution >= 4 is 0 Å². The number of hydrogen-bond acceptors (Lipinski definition) is 5. The first-order chi connectivity index (χ1) is 9.24. The Morgan fingerprint density at radius 1 is 1.21 bits per heavy atom. The van der Waals surface area contributed by atoms with E-state index in [4.69, 9.17) is 10.3 Å². The molecule has 108 valence electrons. The third-order valence-electron chi connectivity index (χ3n) is 4.03. The molecule has 1 atom stereocenters. The van der Waals surface area contributed by atoms with Crippen LogP contribution in [0.15, 0.2) is 4.52 Å². The Balaban J connectivity index is 1.93. The average Bonchev–Trinajstić information content (AvgIpc) is 2.91. The van der Waals surface area contributed by atoms with Crippen LogP contribution >= 0.6 is 0 Å². The van der Waals surface area contributed by atoms with E-state index >= 15 is 0 Å². The zero-order valence-electron chi connectivity index (χ0n) is 12.1. The van der Waals surface area contributed by atoms with E-state index in [0.717, 1.165) is 38.4 Å². The molecule has 1 unspecified atom stereocenters. The van der Waals surface area contributed by atoms with Crippen LogP contribution in [0.4, 0.5) is 0 Å². The standard InChI is InChI=1S/C14H26N4O/c1-3-11(4-2)14-16-13(17-19-14)12(15)10-18-8-6-5-7-9-18/h11-12H,3-10,15H2,1-2H3. The maximum absolute atomic E-state index is 6.20. The summed E-state index contributed by atoms with van der Waals surface area (Å²) in [5.41, 5.74) is 6.20. The van der Waals surface area contributed by atoms with Crippen molar-refractivity contribution in [2.75, 3.05) is 19.6 Å². The lowest BCUT2D eigenvalue weighted by Gasteiger charge is -2.27. The fourth-order valence-electron chi connectivity index (χ4n) is 2.70. The highest BCUT2D eigenvalue weighted by atomic mass is 16.5. The van der Waals surface area contributed by atoms with Crippen LogP contribution in [0.2, 0.25) is 0 Å². The largest absolute Gasteiger partial charge is 0.339 e. The third kappa shape index (κ3) is 3.76. The molecule has 0 amide bonds. The topological polar surface area (TPSA) is 68.2 Å². The molecule has 2 rings (SSSR count). The van der Waals surface area contributed by atoms with E-state index in [1.807, 2.05) is 0 Å². The van der Waals surface area contributed by atoms with E-state index in [-0.39, 0.29) is 6.04 Å². The molecular formula is C14H26N4O. The highest BCUT2D eigenvalue weighted by Crippen LogP contribution is 2.22. The number of piperidine rings is 1. The van der Waals surface area contributed by atoms with Gasteiger partial charge in [0.05, 0.1) is 6.04 Å². The predicted octanol–water partition coefficient (Wildman–Crippen LogP) is 2.46. The van der Waals surface area contributed by atoms with Crippen LogP contribution in [0, 0.1) is 0 Å². The second-order valence-electron chi connectivity index (χ2n) is 5.47. The minimum atomic E-state index is -0.134. The molecule has 0 saturated carbocycles. The van der Waals surface area contributed by atoms with Gasteiger partial charge in [0, 0.05) is 12.5 Å². The molecular weight excluding hydrogens is 240 g/mol. The molecule has 1 aliphatic heterocycles. The molecule has 1 aromatic rings. The van der Waals surface area contributed by atoms with E-state index in [9.17, 15) is 0 Å². The normalized spacial score (nSPS) is 18.9. The Bertz CT molecular complexity index is 369. The van der Waals surface area contributed by atoms with Crippen LogP contribution in [0.1, 0.15) is 69.6 Å². The number of hydrogen-bond donors (Lipinski definition) is 1. The zero-order chi connectivity index (χ0) is 13.7. The first-order valence-corrected chi connectivity index (χ1v) is 7.56. The lowest BCUT2D eigenvalue weighted by molar-refractivity contribution is 0.213. The van der Waals surface area contributed by atoms with Crippen molar-refractivity contribution in [2.45, 2.75) is 57.9 Å². The number of rotatable bonds is 6. The highest BCUT2D eigenvalue weighted by Gasteiger charge is 2.21. The molecule has 0 aromatic carbocycles. The van der Waals surface area contributed by atoms with Crippen LogP contribution in [0.5, 0.6) is 0 Å². The number of nitrogens with two attached hydrogens (primary N) is 1. The van der Waals surface area contributed by atoms with Crippen LogP contribution in [0.25, 0.3) is 0 Å². The SMILES string of the molecule is CCC(CC)c1nc(C(N)CN2CCCCC2)no1. The fourth-order valence-corrected chi connectivity index (χ4v) is 2.70. The minimum Gasteiger partial charge on any atom is -0.339 e. The maximum Gasteiger partial charge on any atom is 0.229 e. The Kier molecular flexibility index (Phi) is 5.34. The molecule has 1 aromatic heterocycles. The first kappa shape index (κ1) is 14.5. The Morgan fingerprint density at radius 2 is 1.89 bits per heavy atom. The van der Waals surface area contributed by atoms with Crippen molar-refractivity contribution in [1.82, 2.24) is 15.0 Å². The van der Waals surface area contributed by atoms with Gasteiger partial charge in [-0.15, -0.1) is 0 Å². The molecule has 0 aliphatic carbocycles. The predicted molar refractivity (Wildman–Crippen MR) is 74.8 cm³/mol. The van der Waals surface area contributed by atoms with E-state index in [1.54, 1.807) is 0 Å². The van der Waals surface area contributed by atoms with Gasteiger partial charge in [-0.3, -0.25) is 0 Å². The lowest BCUT2D eigenvalue weighted by Crippen LogP contribution is -2.36. The summed E-state index contributed by atoms with van der Waals surface area (Å²) in [6.07, 6.45) is 5.95. The molecule has 5 nitrogen and oxygen atoms in total. The molecule has 2 N–H and O–H groups in total. The van der Waals surface area contributed by atoms with Crippen molar-refractivity contribution in [1.29, 1.82) is 0 Å². The second-order valence-corrected chi connectivity index (χ2v) is 5.47. The van der Waals surface area contributed by atoms with Gasteiger partial charge in [-0.05, 0) is 38.8 Å². The van der Waals surface area contributed by atoms with Crippen molar-refractivity contribution < 1.29 is 4.52 Å². The third-order valence-corrected chi connectivity index (χ3v) is 4.03. The Morgan fingerprint density at radius 3 is 2.53 bits per heavy atom. The summed E-state index contributed by atoms with van der Waals surface area (Å²) in [5.74, 6) is 1.77. The van der Waals surface area contributed by atoms with Gasteiger partial charge < -0.3 is 15.2 Å². The summed E-state index contributed by atoms with van der Waals surface area (Å²) in [4.78, 5) is 6.89.